The van der Waals surface area contributed by atoms with Crippen molar-refractivity contribution in [3.63, 3.8) is 0 Å². The first-order chi connectivity index (χ1) is 7.24. The summed E-state index contributed by atoms with van der Waals surface area (Å²) in [5, 5.41) is 0.682. The van der Waals surface area contributed by atoms with E-state index in [-0.39, 0.29) is 5.43 Å². The molecule has 2 aromatic rings. The monoisotopic (exact) mass is 314 g/mol. The molecule has 0 radical (unpaired) electrons. The van der Waals surface area contributed by atoms with Crippen LogP contribution in [0.3, 0.4) is 0 Å². The summed E-state index contributed by atoms with van der Waals surface area (Å²) >= 11 is 2.09. The van der Waals surface area contributed by atoms with Gasteiger partial charge in [0, 0.05) is 28.2 Å². The molecule has 1 aromatic carbocycles. The molecule has 0 amide bonds. The fraction of sp³-hybridized carbons (Fsp3) is 0.250. The van der Waals surface area contributed by atoms with E-state index in [1.807, 2.05) is 24.3 Å². The molecule has 0 fully saturated rings. The molecule has 0 unspecified atom stereocenters. The molecule has 0 N–H and O–H groups in total. The van der Waals surface area contributed by atoms with Crippen LogP contribution >= 0.6 is 22.6 Å². The number of fused-ring (bicyclic) bond motifs is 1. The van der Waals surface area contributed by atoms with E-state index in [9.17, 15) is 4.79 Å². The van der Waals surface area contributed by atoms with Crippen molar-refractivity contribution in [2.75, 3.05) is 0 Å². The fourth-order valence-corrected chi connectivity index (χ4v) is 2.37. The van der Waals surface area contributed by atoms with E-state index >= 15 is 0 Å². The van der Waals surface area contributed by atoms with Crippen molar-refractivity contribution in [2.45, 2.75) is 19.8 Å². The molecule has 0 atom stereocenters. The van der Waals surface area contributed by atoms with E-state index in [4.69, 9.17) is 4.42 Å². The Bertz CT molecular complexity index is 543. The molecular weight excluding hydrogens is 303 g/mol. The first kappa shape index (κ1) is 10.7. The number of para-hydroxylation sites is 1. The topological polar surface area (TPSA) is 30.2 Å². The van der Waals surface area contributed by atoms with Crippen LogP contribution in [0, 0.1) is 3.77 Å². The van der Waals surface area contributed by atoms with E-state index in [0.29, 0.717) is 11.0 Å². The second kappa shape index (κ2) is 4.35. The van der Waals surface area contributed by atoms with Crippen LogP contribution in [0.15, 0.2) is 33.5 Å². The molecule has 0 saturated carbocycles. The van der Waals surface area contributed by atoms with Crippen molar-refractivity contribution in [2.24, 2.45) is 0 Å². The summed E-state index contributed by atoms with van der Waals surface area (Å²) in [5.74, 6) is 0. The summed E-state index contributed by atoms with van der Waals surface area (Å²) < 4.78 is 6.33. The lowest BCUT2D eigenvalue weighted by atomic mass is 10.1. The van der Waals surface area contributed by atoms with Gasteiger partial charge in [-0.2, -0.15) is 0 Å². The Labute approximate surface area is 101 Å². The molecule has 0 aliphatic heterocycles. The minimum absolute atomic E-state index is 0.114. The van der Waals surface area contributed by atoms with Gasteiger partial charge in [-0.15, -0.1) is 0 Å². The third-order valence-electron chi connectivity index (χ3n) is 2.34. The SMILES string of the molecule is CCCc1c(I)oc2ccccc2c1=O. The molecule has 0 aliphatic rings. The zero-order valence-corrected chi connectivity index (χ0v) is 10.6. The quantitative estimate of drug-likeness (QED) is 0.796. The Kier molecular flexibility index (Phi) is 3.09. The van der Waals surface area contributed by atoms with Crippen LogP contribution in [0.1, 0.15) is 18.9 Å². The predicted molar refractivity (Wildman–Crippen MR) is 69.2 cm³/mol. The summed E-state index contributed by atoms with van der Waals surface area (Å²) in [5.41, 5.74) is 1.59. The zero-order chi connectivity index (χ0) is 10.8. The molecule has 0 aliphatic carbocycles. The summed E-state index contributed by atoms with van der Waals surface area (Å²) in [7, 11) is 0. The van der Waals surface area contributed by atoms with E-state index in [2.05, 4.69) is 29.5 Å². The van der Waals surface area contributed by atoms with Gasteiger partial charge in [0.15, 0.2) is 9.20 Å². The van der Waals surface area contributed by atoms with Gasteiger partial charge in [-0.3, -0.25) is 4.79 Å². The highest BCUT2D eigenvalue weighted by atomic mass is 127. The van der Waals surface area contributed by atoms with Crippen molar-refractivity contribution < 1.29 is 4.42 Å². The van der Waals surface area contributed by atoms with Crippen LogP contribution < -0.4 is 5.43 Å². The molecule has 3 heteroatoms. The Morgan fingerprint density at radius 3 is 2.80 bits per heavy atom. The van der Waals surface area contributed by atoms with Gasteiger partial charge in [-0.05, 0) is 18.6 Å². The minimum atomic E-state index is 0.114. The first-order valence-electron chi connectivity index (χ1n) is 4.94. The summed E-state index contributed by atoms with van der Waals surface area (Å²) in [4.78, 5) is 12.1. The molecule has 0 bridgehead atoms. The number of hydrogen-bond donors (Lipinski definition) is 0. The number of rotatable bonds is 2. The van der Waals surface area contributed by atoms with Gasteiger partial charge in [0.1, 0.15) is 5.58 Å². The standard InChI is InChI=1S/C12H11IO2/c1-2-5-9-11(14)8-6-3-4-7-10(8)15-12(9)13/h3-4,6-7H,2,5H2,1H3. The molecule has 2 nitrogen and oxygen atoms in total. The van der Waals surface area contributed by atoms with Crippen LogP contribution in [0.4, 0.5) is 0 Å². The number of halogens is 1. The van der Waals surface area contributed by atoms with Gasteiger partial charge >= 0.3 is 0 Å². The molecule has 0 saturated heterocycles. The molecule has 1 aromatic heterocycles. The molecule has 0 spiro atoms. The van der Waals surface area contributed by atoms with Gasteiger partial charge < -0.3 is 4.42 Å². The summed E-state index contributed by atoms with van der Waals surface area (Å²) in [6.07, 6.45) is 1.74. The molecule has 1 heterocycles. The van der Waals surface area contributed by atoms with Crippen LogP contribution in [-0.4, -0.2) is 0 Å². The average molecular weight is 314 g/mol. The Morgan fingerprint density at radius 1 is 1.33 bits per heavy atom. The van der Waals surface area contributed by atoms with Crippen LogP contribution in [0.25, 0.3) is 11.0 Å². The lowest BCUT2D eigenvalue weighted by Crippen LogP contribution is -2.11. The maximum Gasteiger partial charge on any atom is 0.196 e. The molecule has 15 heavy (non-hydrogen) atoms. The molecular formula is C12H11IO2. The normalized spacial score (nSPS) is 10.8. The average Bonchev–Trinajstić information content (AvgIpc) is 2.24. The van der Waals surface area contributed by atoms with Crippen molar-refractivity contribution >= 4 is 33.6 Å². The van der Waals surface area contributed by atoms with Gasteiger partial charge in [0.25, 0.3) is 0 Å². The minimum Gasteiger partial charge on any atom is -0.450 e. The number of benzene rings is 1. The lowest BCUT2D eigenvalue weighted by Gasteiger charge is -2.03. The van der Waals surface area contributed by atoms with E-state index < -0.39 is 0 Å². The summed E-state index contributed by atoms with van der Waals surface area (Å²) in [6.45, 7) is 2.06. The summed E-state index contributed by atoms with van der Waals surface area (Å²) in [6, 6.07) is 7.38. The van der Waals surface area contributed by atoms with E-state index in [1.165, 1.54) is 0 Å². The second-order valence-electron chi connectivity index (χ2n) is 3.43. The highest BCUT2D eigenvalue weighted by Crippen LogP contribution is 2.17. The molecule has 2 rings (SSSR count). The van der Waals surface area contributed by atoms with Gasteiger partial charge in [0.2, 0.25) is 0 Å². The third kappa shape index (κ3) is 1.93. The Balaban J connectivity index is 2.78. The fourth-order valence-electron chi connectivity index (χ4n) is 1.61. The van der Waals surface area contributed by atoms with Crippen molar-refractivity contribution in [1.29, 1.82) is 0 Å². The van der Waals surface area contributed by atoms with Crippen LogP contribution in [0.2, 0.25) is 0 Å². The maximum absolute atomic E-state index is 12.1. The zero-order valence-electron chi connectivity index (χ0n) is 8.42. The highest BCUT2D eigenvalue weighted by molar-refractivity contribution is 14.1. The smallest absolute Gasteiger partial charge is 0.196 e. The van der Waals surface area contributed by atoms with Crippen LogP contribution in [0.5, 0.6) is 0 Å². The van der Waals surface area contributed by atoms with Crippen molar-refractivity contribution in [3.05, 3.63) is 43.8 Å². The Hall–Kier alpha value is -0.840. The van der Waals surface area contributed by atoms with E-state index in [0.717, 1.165) is 22.2 Å². The third-order valence-corrected chi connectivity index (χ3v) is 3.21. The second-order valence-corrected chi connectivity index (χ2v) is 4.41. The van der Waals surface area contributed by atoms with Crippen LogP contribution in [-0.2, 0) is 6.42 Å². The van der Waals surface area contributed by atoms with Crippen molar-refractivity contribution in [3.8, 4) is 0 Å². The van der Waals surface area contributed by atoms with Crippen molar-refractivity contribution in [1.82, 2.24) is 0 Å². The van der Waals surface area contributed by atoms with E-state index in [1.54, 1.807) is 0 Å². The largest absolute Gasteiger partial charge is 0.450 e. The van der Waals surface area contributed by atoms with Gasteiger partial charge in [-0.25, -0.2) is 0 Å². The maximum atomic E-state index is 12.1. The predicted octanol–water partition coefficient (Wildman–Crippen LogP) is 3.35. The van der Waals surface area contributed by atoms with Gasteiger partial charge in [-0.1, -0.05) is 25.5 Å². The molecule has 78 valence electrons. The highest BCUT2D eigenvalue weighted by Gasteiger charge is 2.10. The lowest BCUT2D eigenvalue weighted by molar-refractivity contribution is 0.557. The first-order valence-corrected chi connectivity index (χ1v) is 6.02. The Morgan fingerprint density at radius 2 is 2.07 bits per heavy atom. The number of hydrogen-bond acceptors (Lipinski definition) is 2. The van der Waals surface area contributed by atoms with Gasteiger partial charge in [0.05, 0.1) is 5.39 Å².